The van der Waals surface area contributed by atoms with Gasteiger partial charge in [-0.3, -0.25) is 0 Å². The van der Waals surface area contributed by atoms with Gasteiger partial charge in [0.25, 0.3) is 5.92 Å². The van der Waals surface area contributed by atoms with Gasteiger partial charge in [0.1, 0.15) is 5.82 Å². The second-order valence-corrected chi connectivity index (χ2v) is 8.32. The molecule has 5 heteroatoms. The average molecular weight is 434 g/mol. The number of halogens is 5. The molecule has 0 spiro atoms. The molecule has 0 aromatic heterocycles. The zero-order valence-electron chi connectivity index (χ0n) is 17.9. The molecule has 0 nitrogen and oxygen atoms in total. The molecule has 0 heterocycles. The Morgan fingerprint density at radius 1 is 0.935 bits per heavy atom. The van der Waals surface area contributed by atoms with Gasteiger partial charge in [-0.1, -0.05) is 56.7 Å². The van der Waals surface area contributed by atoms with Crippen molar-refractivity contribution in [1.82, 2.24) is 0 Å². The van der Waals surface area contributed by atoms with E-state index >= 15 is 0 Å². The molecule has 0 N–H and O–H groups in total. The first-order chi connectivity index (χ1) is 14.8. The Morgan fingerprint density at radius 3 is 2.32 bits per heavy atom. The third-order valence-electron chi connectivity index (χ3n) is 5.90. The van der Waals surface area contributed by atoms with Gasteiger partial charge in [-0.05, 0) is 54.5 Å². The molecule has 0 amide bonds. The van der Waals surface area contributed by atoms with Crippen LogP contribution in [0.3, 0.4) is 0 Å². The van der Waals surface area contributed by atoms with Crippen LogP contribution in [0.1, 0.15) is 74.1 Å². The molecule has 0 aliphatic heterocycles. The number of alkyl halides is 2. The molecule has 0 bridgehead atoms. The fraction of sp³-hybridized carbons (Fsp3) is 0.462. The van der Waals surface area contributed by atoms with Gasteiger partial charge in [0, 0.05) is 12.3 Å². The van der Waals surface area contributed by atoms with Crippen molar-refractivity contribution in [3.63, 3.8) is 0 Å². The first kappa shape index (κ1) is 23.3. The highest BCUT2D eigenvalue weighted by Gasteiger charge is 2.46. The Bertz CT molecular complexity index is 983. The largest absolute Gasteiger partial charge is 0.256 e. The first-order valence-corrected chi connectivity index (χ1v) is 10.9. The minimum absolute atomic E-state index is 0.0379. The Hall–Kier alpha value is -2.35. The van der Waals surface area contributed by atoms with Gasteiger partial charge < -0.3 is 0 Å². The number of rotatable bonds is 5. The van der Waals surface area contributed by atoms with Gasteiger partial charge in [-0.25, -0.2) is 22.0 Å². The van der Waals surface area contributed by atoms with Crippen LogP contribution < -0.4 is 0 Å². The highest BCUT2D eigenvalue weighted by Crippen LogP contribution is 2.47. The average Bonchev–Trinajstić information content (AvgIpc) is 2.71. The summed E-state index contributed by atoms with van der Waals surface area (Å²) < 4.78 is 72.6. The van der Waals surface area contributed by atoms with Crippen molar-refractivity contribution in [2.45, 2.75) is 70.6 Å². The summed E-state index contributed by atoms with van der Waals surface area (Å²) in [7, 11) is 0. The van der Waals surface area contributed by atoms with Crippen molar-refractivity contribution >= 4 is 0 Å². The van der Waals surface area contributed by atoms with Crippen LogP contribution >= 0.6 is 0 Å². The van der Waals surface area contributed by atoms with Crippen LogP contribution in [0, 0.1) is 35.2 Å². The molecule has 1 aliphatic rings. The van der Waals surface area contributed by atoms with Crippen molar-refractivity contribution in [3.05, 3.63) is 70.0 Å². The van der Waals surface area contributed by atoms with Gasteiger partial charge in [0.15, 0.2) is 11.6 Å². The second kappa shape index (κ2) is 9.85. The van der Waals surface area contributed by atoms with Gasteiger partial charge in [0.05, 0.1) is 11.5 Å². The van der Waals surface area contributed by atoms with Crippen LogP contribution in [-0.4, -0.2) is 5.92 Å². The standard InChI is InChI=1S/C26H27F5/c1-3-5-17-8-13-21(23(27)15-17)22-14-9-18(16-26(22,30)31)7-10-20-12-11-19(6-4-2)24(28)25(20)29/h8,11-13,15,18,22H,3-6,9,14,16H2,1-2H3. The lowest BCUT2D eigenvalue weighted by molar-refractivity contribution is -0.0655. The first-order valence-electron chi connectivity index (χ1n) is 10.9. The minimum Gasteiger partial charge on any atom is -0.207 e. The summed E-state index contributed by atoms with van der Waals surface area (Å²) in [5, 5.41) is 0. The number of hydrogen-bond acceptors (Lipinski definition) is 0. The Labute approximate surface area is 180 Å². The van der Waals surface area contributed by atoms with E-state index in [0.29, 0.717) is 25.7 Å². The van der Waals surface area contributed by atoms with Crippen LogP contribution in [0.15, 0.2) is 30.3 Å². The molecular weight excluding hydrogens is 407 g/mol. The summed E-state index contributed by atoms with van der Waals surface area (Å²) in [5.74, 6) is -2.30. The normalized spacial score (nSPS) is 20.2. The van der Waals surface area contributed by atoms with E-state index in [9.17, 15) is 22.0 Å². The van der Waals surface area contributed by atoms with Crippen LogP contribution in [0.25, 0.3) is 0 Å². The summed E-state index contributed by atoms with van der Waals surface area (Å²) in [5.41, 5.74) is 0.992. The minimum atomic E-state index is -3.13. The highest BCUT2D eigenvalue weighted by atomic mass is 19.3. The second-order valence-electron chi connectivity index (χ2n) is 8.32. The lowest BCUT2D eigenvalue weighted by atomic mass is 9.75. The van der Waals surface area contributed by atoms with Crippen molar-refractivity contribution in [3.8, 4) is 11.8 Å². The smallest absolute Gasteiger partial charge is 0.207 e. The molecule has 3 rings (SSSR count). The van der Waals surface area contributed by atoms with E-state index in [2.05, 4.69) is 11.8 Å². The molecule has 0 saturated heterocycles. The predicted octanol–water partition coefficient (Wildman–Crippen LogP) is 7.58. The Morgan fingerprint density at radius 2 is 1.68 bits per heavy atom. The van der Waals surface area contributed by atoms with E-state index < -0.39 is 41.6 Å². The van der Waals surface area contributed by atoms with Gasteiger partial charge >= 0.3 is 0 Å². The molecule has 1 aliphatic carbocycles. The van der Waals surface area contributed by atoms with E-state index in [1.807, 2.05) is 13.8 Å². The van der Waals surface area contributed by atoms with Crippen LogP contribution in [-0.2, 0) is 12.8 Å². The van der Waals surface area contributed by atoms with E-state index in [1.165, 1.54) is 24.3 Å². The summed E-state index contributed by atoms with van der Waals surface area (Å²) in [6, 6.07) is 7.42. The maximum atomic E-state index is 14.9. The fourth-order valence-electron chi connectivity index (χ4n) is 4.28. The van der Waals surface area contributed by atoms with E-state index in [4.69, 9.17) is 0 Å². The molecule has 1 saturated carbocycles. The van der Waals surface area contributed by atoms with Gasteiger partial charge in [-0.2, -0.15) is 0 Å². The molecule has 2 aromatic rings. The summed E-state index contributed by atoms with van der Waals surface area (Å²) in [6.07, 6.45) is 2.56. The monoisotopic (exact) mass is 434 g/mol. The Balaban J connectivity index is 1.75. The van der Waals surface area contributed by atoms with Crippen molar-refractivity contribution < 1.29 is 22.0 Å². The van der Waals surface area contributed by atoms with Crippen molar-refractivity contribution in [1.29, 1.82) is 0 Å². The molecule has 2 atom stereocenters. The predicted molar refractivity (Wildman–Crippen MR) is 113 cm³/mol. The van der Waals surface area contributed by atoms with Crippen LogP contribution in [0.2, 0.25) is 0 Å². The third kappa shape index (κ3) is 5.29. The van der Waals surface area contributed by atoms with Gasteiger partial charge in [-0.15, -0.1) is 0 Å². The molecule has 0 radical (unpaired) electrons. The van der Waals surface area contributed by atoms with E-state index in [-0.39, 0.29) is 23.1 Å². The van der Waals surface area contributed by atoms with Crippen molar-refractivity contribution in [2.75, 3.05) is 0 Å². The zero-order chi connectivity index (χ0) is 22.6. The molecular formula is C26H27F5. The fourth-order valence-corrected chi connectivity index (χ4v) is 4.28. The number of aryl methyl sites for hydroxylation is 2. The lowest BCUT2D eigenvalue weighted by Crippen LogP contribution is -2.34. The molecule has 166 valence electrons. The summed E-state index contributed by atoms with van der Waals surface area (Å²) >= 11 is 0. The topological polar surface area (TPSA) is 0 Å². The maximum absolute atomic E-state index is 14.9. The number of hydrogen-bond donors (Lipinski definition) is 0. The molecule has 31 heavy (non-hydrogen) atoms. The van der Waals surface area contributed by atoms with Gasteiger partial charge in [0.2, 0.25) is 0 Å². The van der Waals surface area contributed by atoms with Crippen LogP contribution in [0.5, 0.6) is 0 Å². The highest BCUT2D eigenvalue weighted by molar-refractivity contribution is 5.39. The summed E-state index contributed by atoms with van der Waals surface area (Å²) in [4.78, 5) is 0. The zero-order valence-corrected chi connectivity index (χ0v) is 17.9. The number of benzene rings is 2. The summed E-state index contributed by atoms with van der Waals surface area (Å²) in [6.45, 7) is 3.84. The maximum Gasteiger partial charge on any atom is 0.256 e. The van der Waals surface area contributed by atoms with E-state index in [0.717, 1.165) is 12.0 Å². The lowest BCUT2D eigenvalue weighted by Gasteiger charge is -2.34. The molecule has 2 unspecified atom stereocenters. The third-order valence-corrected chi connectivity index (χ3v) is 5.90. The molecule has 1 fully saturated rings. The molecule has 2 aromatic carbocycles. The van der Waals surface area contributed by atoms with Crippen molar-refractivity contribution in [2.24, 2.45) is 5.92 Å². The van der Waals surface area contributed by atoms with E-state index in [1.54, 1.807) is 6.07 Å². The SMILES string of the molecule is CCCc1ccc(C2CCC(C#Cc3ccc(CCC)c(F)c3F)CC2(F)F)c(F)c1. The quantitative estimate of drug-likeness (QED) is 0.336. The van der Waals surface area contributed by atoms with Crippen LogP contribution in [0.4, 0.5) is 22.0 Å². The Kier molecular flexibility index (Phi) is 7.41.